The monoisotopic (exact) mass is 267 g/mol. The fraction of sp³-hybridized carbons (Fsp3) is 0. The molecule has 0 amide bonds. The van der Waals surface area contributed by atoms with Crippen molar-refractivity contribution < 1.29 is 43.9 Å². The van der Waals surface area contributed by atoms with Gasteiger partial charge in [-0.15, -0.1) is 12.4 Å². The van der Waals surface area contributed by atoms with Crippen LogP contribution in [0.4, 0.5) is 27.8 Å². The number of anilines is 1. The van der Waals surface area contributed by atoms with E-state index in [2.05, 4.69) is 0 Å². The largest absolute Gasteiger partial charge is 0.204 e. The summed E-state index contributed by atoms with van der Waals surface area (Å²) in [5.41, 5.74) is -1.30. The maximum atomic E-state index is 12.4. The maximum absolute atomic E-state index is 12.4. The first-order valence-electron chi connectivity index (χ1n) is 2.79. The van der Waals surface area contributed by atoms with E-state index in [1.807, 2.05) is 0 Å². The molecule has 0 radical (unpaired) electrons. The molecule has 14 heavy (non-hydrogen) atoms. The number of rotatable bonds is 1. The van der Waals surface area contributed by atoms with Crippen molar-refractivity contribution >= 4 is 18.1 Å². The first-order valence-corrected chi connectivity index (χ1v) is 2.79. The average Bonchev–Trinajstić information content (AvgIpc) is 2.00. The summed E-state index contributed by atoms with van der Waals surface area (Å²) in [6.07, 6.45) is 0. The van der Waals surface area contributed by atoms with Crippen molar-refractivity contribution in [2.75, 3.05) is 5.34 Å². The minimum absolute atomic E-state index is 0. The van der Waals surface area contributed by atoms with Crippen LogP contribution in [0, 0.1) is 17.5 Å². The summed E-state index contributed by atoms with van der Waals surface area (Å²) < 4.78 is 60.1. The van der Waals surface area contributed by atoms with Crippen LogP contribution in [0.1, 0.15) is 0 Å². The van der Waals surface area contributed by atoms with Crippen LogP contribution in [0.3, 0.4) is 0 Å². The van der Waals surface area contributed by atoms with Crippen molar-refractivity contribution in [2.45, 2.75) is 0 Å². The first-order chi connectivity index (χ1) is 5.54. The normalized spacial score (nSPS) is 8.64. The Morgan fingerprint density at radius 2 is 1.43 bits per heavy atom. The Morgan fingerprint density at radius 1 is 0.929 bits per heavy atom. The maximum Gasteiger partial charge on any atom is 0.196 e. The van der Waals surface area contributed by atoms with Crippen LogP contribution in [0.15, 0.2) is 12.1 Å². The van der Waals surface area contributed by atoms with Crippen molar-refractivity contribution in [3.8, 4) is 0 Å². The Hall–Kier alpha value is -0.326. The van der Waals surface area contributed by atoms with Crippen molar-refractivity contribution in [3.63, 3.8) is 0 Å². The zero-order valence-electron chi connectivity index (χ0n) is 6.40. The molecule has 1 rings (SSSR count). The molecule has 0 aliphatic rings. The van der Waals surface area contributed by atoms with E-state index in [9.17, 15) is 22.1 Å². The van der Waals surface area contributed by atoms with Crippen LogP contribution in [0.25, 0.3) is 0 Å². The van der Waals surface area contributed by atoms with E-state index in [0.717, 1.165) is 0 Å². The predicted molar refractivity (Wildman–Crippen MR) is 38.3 cm³/mol. The van der Waals surface area contributed by atoms with Crippen LogP contribution in [0.5, 0.6) is 0 Å². The molecule has 0 saturated heterocycles. The summed E-state index contributed by atoms with van der Waals surface area (Å²) in [5.74, 6) is -5.31. The number of hydrogen-bond donors (Lipinski definition) is 0. The topological polar surface area (TPSA) is 3.24 Å². The quantitative estimate of drug-likeness (QED) is 0.327. The van der Waals surface area contributed by atoms with E-state index in [1.165, 1.54) is 0 Å². The van der Waals surface area contributed by atoms with Gasteiger partial charge in [-0.05, 0) is 17.5 Å². The molecule has 0 N–H and O–H groups in total. The van der Waals surface area contributed by atoms with Crippen molar-refractivity contribution in [1.29, 1.82) is 0 Å². The molecule has 8 heteroatoms. The van der Waals surface area contributed by atoms with E-state index in [-0.39, 0.29) is 34.1 Å². The van der Waals surface area contributed by atoms with E-state index in [1.54, 1.807) is 0 Å². The van der Waals surface area contributed by atoms with E-state index in [0.29, 0.717) is 12.1 Å². The summed E-state index contributed by atoms with van der Waals surface area (Å²) in [6, 6.07) is 0.855. The third kappa shape index (κ3) is 3.11. The third-order valence-corrected chi connectivity index (χ3v) is 1.20. The second-order valence-corrected chi connectivity index (χ2v) is 1.93. The van der Waals surface area contributed by atoms with Crippen molar-refractivity contribution in [2.24, 2.45) is 0 Å². The zero-order valence-corrected chi connectivity index (χ0v) is 8.78. The van der Waals surface area contributed by atoms with E-state index in [4.69, 9.17) is 0 Å². The fourth-order valence-corrected chi connectivity index (χ4v) is 0.646. The smallest absolute Gasteiger partial charge is 0.196 e. The molecule has 1 aromatic carbocycles. The fourth-order valence-electron chi connectivity index (χ4n) is 0.646. The van der Waals surface area contributed by atoms with Gasteiger partial charge in [0.1, 0.15) is 5.69 Å². The Balaban J connectivity index is 0. The Kier molecular flexibility index (Phi) is 7.15. The SMILES string of the molecule is Cl.Fc1ccc(N(F)F)c(F)c1F.[Ti]. The number of nitrogens with zero attached hydrogens (tertiary/aromatic N) is 1. The standard InChI is InChI=1S/C6H2F5N.ClH.Ti/c7-3-1-2-4(12(10)11)6(9)5(3)8;;/h1-2H;1H;. The summed E-state index contributed by atoms with van der Waals surface area (Å²) in [4.78, 5) is 0. The Labute approximate surface area is 97.0 Å². The number of halogens is 6. The summed E-state index contributed by atoms with van der Waals surface area (Å²) in [6.45, 7) is 0. The molecule has 0 saturated carbocycles. The second-order valence-electron chi connectivity index (χ2n) is 1.93. The molecule has 78 valence electrons. The molecule has 1 nitrogen and oxygen atoms in total. The van der Waals surface area contributed by atoms with Gasteiger partial charge in [-0.25, -0.2) is 13.2 Å². The molecular formula is C6H3ClF5NTi. The summed E-state index contributed by atoms with van der Waals surface area (Å²) in [5, 5.41) is -1.63. The van der Waals surface area contributed by atoms with Gasteiger partial charge in [-0.1, -0.05) is 8.96 Å². The minimum Gasteiger partial charge on any atom is -0.204 e. The first kappa shape index (κ1) is 16.1. The van der Waals surface area contributed by atoms with Gasteiger partial charge < -0.3 is 0 Å². The molecule has 0 aliphatic heterocycles. The van der Waals surface area contributed by atoms with Gasteiger partial charge in [0.2, 0.25) is 0 Å². The molecular weight excluding hydrogens is 264 g/mol. The average molecular weight is 267 g/mol. The molecule has 0 aliphatic carbocycles. The van der Waals surface area contributed by atoms with Gasteiger partial charge in [0.05, 0.1) is 0 Å². The number of hydrogen-bond acceptors (Lipinski definition) is 1. The third-order valence-electron chi connectivity index (χ3n) is 1.20. The van der Waals surface area contributed by atoms with Gasteiger partial charge in [-0.2, -0.15) is 0 Å². The molecule has 0 spiro atoms. The predicted octanol–water partition coefficient (Wildman–Crippen LogP) is 3.10. The Bertz CT molecular complexity index is 309. The molecule has 0 heterocycles. The van der Waals surface area contributed by atoms with Crippen molar-refractivity contribution in [3.05, 3.63) is 29.6 Å². The molecule has 1 aromatic rings. The zero-order chi connectivity index (χ0) is 9.30. The van der Waals surface area contributed by atoms with Gasteiger partial charge in [0.15, 0.2) is 17.5 Å². The molecule has 0 fully saturated rings. The molecule has 0 unspecified atom stereocenters. The van der Waals surface area contributed by atoms with Crippen LogP contribution >= 0.6 is 12.4 Å². The van der Waals surface area contributed by atoms with Crippen LogP contribution in [0.2, 0.25) is 0 Å². The summed E-state index contributed by atoms with van der Waals surface area (Å²) >= 11 is 0. The molecule has 0 bridgehead atoms. The van der Waals surface area contributed by atoms with Crippen LogP contribution in [-0.4, -0.2) is 0 Å². The van der Waals surface area contributed by atoms with Crippen LogP contribution in [-0.2, 0) is 21.7 Å². The van der Waals surface area contributed by atoms with E-state index < -0.39 is 28.5 Å². The van der Waals surface area contributed by atoms with Gasteiger partial charge in [0, 0.05) is 21.7 Å². The number of benzene rings is 1. The van der Waals surface area contributed by atoms with Gasteiger partial charge in [0.25, 0.3) is 0 Å². The van der Waals surface area contributed by atoms with Crippen LogP contribution < -0.4 is 5.34 Å². The van der Waals surface area contributed by atoms with Crippen molar-refractivity contribution in [1.82, 2.24) is 0 Å². The minimum atomic E-state index is -1.91. The second kappa shape index (κ2) is 6.21. The molecule has 0 aromatic heterocycles. The summed E-state index contributed by atoms with van der Waals surface area (Å²) in [7, 11) is 0. The van der Waals surface area contributed by atoms with E-state index >= 15 is 0 Å². The molecule has 0 atom stereocenters. The van der Waals surface area contributed by atoms with Gasteiger partial charge >= 0.3 is 0 Å². The van der Waals surface area contributed by atoms with Gasteiger partial charge in [-0.3, -0.25) is 0 Å². The Morgan fingerprint density at radius 3 is 1.86 bits per heavy atom.